The van der Waals surface area contributed by atoms with E-state index in [1.165, 1.54) is 11.9 Å². The minimum absolute atomic E-state index is 0.661. The third-order valence-electron chi connectivity index (χ3n) is 4.37. The second-order valence-corrected chi connectivity index (χ2v) is 6.45. The van der Waals surface area contributed by atoms with Crippen LogP contribution < -0.4 is 5.14 Å². The summed E-state index contributed by atoms with van der Waals surface area (Å²) in [6, 6.07) is 16.1. The molecular weight excluding hydrogens is 281 g/mol. The van der Waals surface area contributed by atoms with Crippen molar-refractivity contribution in [1.29, 1.82) is 0 Å². The van der Waals surface area contributed by atoms with E-state index in [-0.39, 0.29) is 0 Å². The van der Waals surface area contributed by atoms with Gasteiger partial charge in [-0.2, -0.15) is 0 Å². The summed E-state index contributed by atoms with van der Waals surface area (Å²) in [5.74, 6) is 0. The highest BCUT2D eigenvalue weighted by atomic mass is 32.2. The fourth-order valence-corrected chi connectivity index (χ4v) is 3.38. The quantitative estimate of drug-likeness (QED) is 0.763. The minimum atomic E-state index is -1.11. The average molecular weight is 301 g/mol. The zero-order valence-electron chi connectivity index (χ0n) is 12.0. The maximum absolute atomic E-state index is 14.9. The molecule has 2 aromatic rings. The van der Waals surface area contributed by atoms with E-state index in [0.717, 1.165) is 40.8 Å². The van der Waals surface area contributed by atoms with Crippen LogP contribution in [0.4, 0.5) is 4.39 Å². The van der Waals surface area contributed by atoms with E-state index in [0.29, 0.717) is 12.8 Å². The van der Waals surface area contributed by atoms with Gasteiger partial charge in [-0.25, -0.2) is 4.39 Å². The van der Waals surface area contributed by atoms with Crippen LogP contribution in [0.1, 0.15) is 37.7 Å². The normalized spacial score (nSPS) is 17.6. The number of rotatable bonds is 3. The Balaban J connectivity index is 1.82. The molecule has 0 aliphatic heterocycles. The van der Waals surface area contributed by atoms with Crippen LogP contribution >= 0.6 is 11.9 Å². The van der Waals surface area contributed by atoms with Crippen molar-refractivity contribution < 1.29 is 4.39 Å². The van der Waals surface area contributed by atoms with Crippen LogP contribution in [-0.2, 0) is 5.67 Å². The van der Waals surface area contributed by atoms with E-state index in [1.54, 1.807) is 0 Å². The molecule has 2 N–H and O–H groups in total. The second-order valence-electron chi connectivity index (χ2n) is 5.75. The molecule has 21 heavy (non-hydrogen) atoms. The van der Waals surface area contributed by atoms with Crippen LogP contribution in [0.15, 0.2) is 53.4 Å². The molecule has 0 saturated heterocycles. The summed E-state index contributed by atoms with van der Waals surface area (Å²) in [5, 5.41) is 5.53. The van der Waals surface area contributed by atoms with E-state index in [1.807, 2.05) is 36.4 Å². The molecule has 0 unspecified atom stereocenters. The molecule has 1 saturated carbocycles. The van der Waals surface area contributed by atoms with Gasteiger partial charge in [-0.1, -0.05) is 42.8 Å². The monoisotopic (exact) mass is 301 g/mol. The Morgan fingerprint density at radius 2 is 1.33 bits per heavy atom. The molecule has 0 spiro atoms. The standard InChI is InChI=1S/C18H20FNS/c19-18(12-2-1-3-13-18)16-8-4-14(5-9-16)15-6-10-17(21-20)11-7-15/h4-11H,1-3,12-13,20H2. The zero-order valence-corrected chi connectivity index (χ0v) is 12.8. The molecule has 110 valence electrons. The SMILES string of the molecule is NSc1ccc(-c2ccc(C3(F)CCCCC3)cc2)cc1. The largest absolute Gasteiger partial charge is 0.274 e. The Kier molecular flexibility index (Phi) is 4.32. The van der Waals surface area contributed by atoms with Gasteiger partial charge in [-0.3, -0.25) is 5.14 Å². The van der Waals surface area contributed by atoms with Gasteiger partial charge in [0.1, 0.15) is 5.67 Å². The first-order chi connectivity index (χ1) is 10.2. The second kappa shape index (κ2) is 6.20. The van der Waals surface area contributed by atoms with Crippen LogP contribution in [0.2, 0.25) is 0 Å². The van der Waals surface area contributed by atoms with Gasteiger partial charge in [-0.05, 0) is 66.5 Å². The van der Waals surface area contributed by atoms with Crippen molar-refractivity contribution in [2.24, 2.45) is 5.14 Å². The molecule has 0 amide bonds. The third-order valence-corrected chi connectivity index (χ3v) is 4.92. The fraction of sp³-hybridized carbons (Fsp3) is 0.333. The van der Waals surface area contributed by atoms with Crippen molar-refractivity contribution in [2.75, 3.05) is 0 Å². The van der Waals surface area contributed by atoms with Crippen LogP contribution in [0.3, 0.4) is 0 Å². The summed E-state index contributed by atoms with van der Waals surface area (Å²) in [6.07, 6.45) is 4.48. The Hall–Kier alpha value is -1.32. The number of nitrogens with two attached hydrogens (primary N) is 1. The van der Waals surface area contributed by atoms with E-state index >= 15 is 0 Å². The van der Waals surface area contributed by atoms with Gasteiger partial charge < -0.3 is 0 Å². The number of halogens is 1. The summed E-state index contributed by atoms with van der Waals surface area (Å²) in [7, 11) is 0. The Labute approximate surface area is 129 Å². The highest BCUT2D eigenvalue weighted by Crippen LogP contribution is 2.41. The first-order valence-electron chi connectivity index (χ1n) is 7.48. The molecule has 0 aromatic heterocycles. The number of alkyl halides is 1. The Morgan fingerprint density at radius 1 is 0.810 bits per heavy atom. The fourth-order valence-electron chi connectivity index (χ4n) is 3.09. The van der Waals surface area contributed by atoms with Crippen molar-refractivity contribution in [3.63, 3.8) is 0 Å². The lowest BCUT2D eigenvalue weighted by atomic mass is 9.81. The maximum atomic E-state index is 14.9. The predicted molar refractivity (Wildman–Crippen MR) is 87.8 cm³/mol. The molecule has 1 fully saturated rings. The lowest BCUT2D eigenvalue weighted by molar-refractivity contribution is 0.106. The summed E-state index contributed by atoms with van der Waals surface area (Å²) >= 11 is 1.24. The number of benzene rings is 2. The van der Waals surface area contributed by atoms with Gasteiger partial charge in [0.2, 0.25) is 0 Å². The van der Waals surface area contributed by atoms with Crippen molar-refractivity contribution in [3.8, 4) is 11.1 Å². The first kappa shape index (κ1) is 14.6. The van der Waals surface area contributed by atoms with Gasteiger partial charge in [0.25, 0.3) is 0 Å². The summed E-state index contributed by atoms with van der Waals surface area (Å²) in [4.78, 5) is 1.04. The molecule has 0 bridgehead atoms. The average Bonchev–Trinajstić information content (AvgIpc) is 2.56. The smallest absolute Gasteiger partial charge is 0.136 e. The predicted octanol–water partition coefficient (Wildman–Crippen LogP) is 5.45. The van der Waals surface area contributed by atoms with Crippen molar-refractivity contribution in [2.45, 2.75) is 42.7 Å². The third kappa shape index (κ3) is 3.14. The van der Waals surface area contributed by atoms with Crippen molar-refractivity contribution in [1.82, 2.24) is 0 Å². The van der Waals surface area contributed by atoms with Crippen LogP contribution in [-0.4, -0.2) is 0 Å². The molecule has 2 aromatic carbocycles. The lowest BCUT2D eigenvalue weighted by Crippen LogP contribution is -2.23. The molecule has 0 atom stereocenters. The summed E-state index contributed by atoms with van der Waals surface area (Å²) < 4.78 is 14.9. The topological polar surface area (TPSA) is 26.0 Å². The molecule has 1 aliphatic rings. The molecular formula is C18H20FNS. The highest BCUT2D eigenvalue weighted by molar-refractivity contribution is 7.97. The van der Waals surface area contributed by atoms with Crippen molar-refractivity contribution >= 4 is 11.9 Å². The van der Waals surface area contributed by atoms with Gasteiger partial charge in [0, 0.05) is 4.90 Å². The molecule has 1 aliphatic carbocycles. The lowest BCUT2D eigenvalue weighted by Gasteiger charge is -2.30. The molecule has 3 rings (SSSR count). The van der Waals surface area contributed by atoms with Gasteiger partial charge in [0.05, 0.1) is 0 Å². The Bertz CT molecular complexity index is 586. The Morgan fingerprint density at radius 3 is 1.86 bits per heavy atom. The molecule has 1 nitrogen and oxygen atoms in total. The van der Waals surface area contributed by atoms with E-state index < -0.39 is 5.67 Å². The van der Waals surface area contributed by atoms with Gasteiger partial charge >= 0.3 is 0 Å². The van der Waals surface area contributed by atoms with Crippen LogP contribution in [0, 0.1) is 0 Å². The maximum Gasteiger partial charge on any atom is 0.136 e. The zero-order chi connectivity index (χ0) is 14.7. The van der Waals surface area contributed by atoms with E-state index in [2.05, 4.69) is 12.1 Å². The number of hydrogen-bond acceptors (Lipinski definition) is 2. The number of hydrogen-bond donors (Lipinski definition) is 1. The van der Waals surface area contributed by atoms with E-state index in [9.17, 15) is 4.39 Å². The first-order valence-corrected chi connectivity index (χ1v) is 8.36. The van der Waals surface area contributed by atoms with Gasteiger partial charge in [-0.15, -0.1) is 0 Å². The van der Waals surface area contributed by atoms with Crippen molar-refractivity contribution in [3.05, 3.63) is 54.1 Å². The van der Waals surface area contributed by atoms with Crippen LogP contribution in [0.25, 0.3) is 11.1 Å². The molecule has 0 heterocycles. The highest BCUT2D eigenvalue weighted by Gasteiger charge is 2.33. The minimum Gasteiger partial charge on any atom is -0.274 e. The summed E-state index contributed by atoms with van der Waals surface area (Å²) in [5.41, 5.74) is 1.97. The molecule has 0 radical (unpaired) electrons. The van der Waals surface area contributed by atoms with Gasteiger partial charge in [0.15, 0.2) is 0 Å². The van der Waals surface area contributed by atoms with E-state index in [4.69, 9.17) is 5.14 Å². The van der Waals surface area contributed by atoms with Crippen LogP contribution in [0.5, 0.6) is 0 Å². The summed E-state index contributed by atoms with van der Waals surface area (Å²) in [6.45, 7) is 0. The molecule has 3 heteroatoms.